The molecule has 0 aliphatic carbocycles. The van der Waals surface area contributed by atoms with Crippen molar-refractivity contribution in [2.45, 2.75) is 26.9 Å². The third-order valence-corrected chi connectivity index (χ3v) is 2.09. The molecular weight excluding hydrogens is 188 g/mol. The molecule has 0 aliphatic rings. The fraction of sp³-hybridized carbons (Fsp3) is 0.385. The largest absolute Gasteiger partial charge is 0.489 e. The summed E-state index contributed by atoms with van der Waals surface area (Å²) in [5.41, 5.74) is 2.91. The Kier molecular flexibility index (Phi) is 3.92. The normalized spacial score (nSPS) is 12.3. The maximum Gasteiger partial charge on any atom is 0.125 e. The van der Waals surface area contributed by atoms with Gasteiger partial charge in [0.2, 0.25) is 0 Å². The van der Waals surface area contributed by atoms with Gasteiger partial charge in [0.25, 0.3) is 0 Å². The van der Waals surface area contributed by atoms with Crippen molar-refractivity contribution in [3.05, 3.63) is 41.5 Å². The molecule has 2 nitrogen and oxygen atoms in total. The van der Waals surface area contributed by atoms with E-state index in [2.05, 4.69) is 6.58 Å². The van der Waals surface area contributed by atoms with Gasteiger partial charge in [0.15, 0.2) is 0 Å². The SMILES string of the molecule is C=C(C)COc1cc(C)ccc1[C@H](C)O. The number of benzene rings is 1. The molecule has 0 aliphatic heterocycles. The summed E-state index contributed by atoms with van der Waals surface area (Å²) in [6.07, 6.45) is -0.509. The Bertz CT molecular complexity index is 354. The third kappa shape index (κ3) is 3.40. The lowest BCUT2D eigenvalue weighted by atomic mass is 10.1. The van der Waals surface area contributed by atoms with Crippen molar-refractivity contribution in [2.75, 3.05) is 6.61 Å². The molecule has 1 rings (SSSR count). The molecule has 0 spiro atoms. The van der Waals surface area contributed by atoms with E-state index in [0.717, 1.165) is 22.4 Å². The average Bonchev–Trinajstić information content (AvgIpc) is 2.14. The van der Waals surface area contributed by atoms with Gasteiger partial charge in [0.1, 0.15) is 12.4 Å². The molecule has 0 heterocycles. The second kappa shape index (κ2) is 4.99. The highest BCUT2D eigenvalue weighted by atomic mass is 16.5. The monoisotopic (exact) mass is 206 g/mol. The Morgan fingerprint density at radius 2 is 2.20 bits per heavy atom. The van der Waals surface area contributed by atoms with Gasteiger partial charge < -0.3 is 9.84 Å². The van der Waals surface area contributed by atoms with Crippen LogP contribution in [0.5, 0.6) is 5.75 Å². The molecule has 0 saturated heterocycles. The van der Waals surface area contributed by atoms with Gasteiger partial charge in [-0.3, -0.25) is 0 Å². The van der Waals surface area contributed by atoms with Gasteiger partial charge in [-0.15, -0.1) is 0 Å². The molecule has 0 amide bonds. The zero-order valence-electron chi connectivity index (χ0n) is 9.58. The summed E-state index contributed by atoms with van der Waals surface area (Å²) in [6, 6.07) is 5.80. The molecule has 0 unspecified atom stereocenters. The molecule has 82 valence electrons. The van der Waals surface area contributed by atoms with Crippen molar-refractivity contribution < 1.29 is 9.84 Å². The number of aryl methyl sites for hydroxylation is 1. The quantitative estimate of drug-likeness (QED) is 0.767. The van der Waals surface area contributed by atoms with Gasteiger partial charge in [0.05, 0.1) is 6.10 Å². The summed E-state index contributed by atoms with van der Waals surface area (Å²) in [4.78, 5) is 0. The van der Waals surface area contributed by atoms with Gasteiger partial charge >= 0.3 is 0 Å². The Hall–Kier alpha value is -1.28. The minimum atomic E-state index is -0.509. The summed E-state index contributed by atoms with van der Waals surface area (Å²) in [5.74, 6) is 0.744. The number of ether oxygens (including phenoxy) is 1. The van der Waals surface area contributed by atoms with E-state index in [1.807, 2.05) is 32.0 Å². The lowest BCUT2D eigenvalue weighted by molar-refractivity contribution is 0.192. The molecule has 0 saturated carbocycles. The highest BCUT2D eigenvalue weighted by molar-refractivity contribution is 5.38. The van der Waals surface area contributed by atoms with Crippen LogP contribution in [-0.4, -0.2) is 11.7 Å². The van der Waals surface area contributed by atoms with E-state index in [0.29, 0.717) is 6.61 Å². The van der Waals surface area contributed by atoms with Crippen LogP contribution in [-0.2, 0) is 0 Å². The molecule has 15 heavy (non-hydrogen) atoms. The van der Waals surface area contributed by atoms with Gasteiger partial charge in [0, 0.05) is 5.56 Å². The second-order valence-corrected chi connectivity index (χ2v) is 3.96. The lowest BCUT2D eigenvalue weighted by Gasteiger charge is -2.14. The van der Waals surface area contributed by atoms with Gasteiger partial charge in [-0.25, -0.2) is 0 Å². The average molecular weight is 206 g/mol. The Morgan fingerprint density at radius 1 is 1.53 bits per heavy atom. The number of aliphatic hydroxyl groups excluding tert-OH is 1. The van der Waals surface area contributed by atoms with Crippen molar-refractivity contribution >= 4 is 0 Å². The summed E-state index contributed by atoms with van der Waals surface area (Å²) < 4.78 is 5.58. The van der Waals surface area contributed by atoms with Crippen molar-refractivity contribution in [3.63, 3.8) is 0 Å². The summed E-state index contributed by atoms with van der Waals surface area (Å²) in [5, 5.41) is 9.56. The number of hydrogen-bond acceptors (Lipinski definition) is 2. The molecule has 0 aromatic heterocycles. The minimum absolute atomic E-state index is 0.489. The number of rotatable bonds is 4. The zero-order chi connectivity index (χ0) is 11.4. The molecule has 2 heteroatoms. The van der Waals surface area contributed by atoms with E-state index >= 15 is 0 Å². The topological polar surface area (TPSA) is 29.5 Å². The molecule has 0 fully saturated rings. The number of hydrogen-bond donors (Lipinski definition) is 1. The fourth-order valence-electron chi connectivity index (χ4n) is 1.31. The summed E-state index contributed by atoms with van der Waals surface area (Å²) in [7, 11) is 0. The van der Waals surface area contributed by atoms with Gasteiger partial charge in [-0.2, -0.15) is 0 Å². The molecule has 0 bridgehead atoms. The third-order valence-electron chi connectivity index (χ3n) is 2.09. The first-order valence-corrected chi connectivity index (χ1v) is 5.06. The molecule has 1 N–H and O–H groups in total. The predicted molar refractivity (Wildman–Crippen MR) is 62.1 cm³/mol. The van der Waals surface area contributed by atoms with Crippen molar-refractivity contribution in [1.82, 2.24) is 0 Å². The summed E-state index contributed by atoms with van der Waals surface area (Å²) >= 11 is 0. The van der Waals surface area contributed by atoms with Crippen molar-refractivity contribution in [2.24, 2.45) is 0 Å². The number of aliphatic hydroxyl groups is 1. The molecule has 1 aromatic rings. The van der Waals surface area contributed by atoms with E-state index < -0.39 is 6.10 Å². The molecule has 0 radical (unpaired) electrons. The van der Waals surface area contributed by atoms with Gasteiger partial charge in [-0.1, -0.05) is 18.7 Å². The molecule has 1 aromatic carbocycles. The van der Waals surface area contributed by atoms with Crippen LogP contribution in [0.1, 0.15) is 31.1 Å². The standard InChI is InChI=1S/C13H18O2/c1-9(2)8-15-13-7-10(3)5-6-12(13)11(4)14/h5-7,11,14H,1,8H2,2-4H3/t11-/m0/s1. The van der Waals surface area contributed by atoms with E-state index in [4.69, 9.17) is 4.74 Å². The Balaban J connectivity index is 2.91. The van der Waals surface area contributed by atoms with Crippen LogP contribution in [0, 0.1) is 6.92 Å². The first kappa shape index (κ1) is 11.8. The highest BCUT2D eigenvalue weighted by Gasteiger charge is 2.08. The molecular formula is C13H18O2. The lowest BCUT2D eigenvalue weighted by Crippen LogP contribution is -2.03. The van der Waals surface area contributed by atoms with Crippen molar-refractivity contribution in [1.29, 1.82) is 0 Å². The summed E-state index contributed by atoms with van der Waals surface area (Å²) in [6.45, 7) is 9.92. The Labute approximate surface area is 91.2 Å². The fourth-order valence-corrected chi connectivity index (χ4v) is 1.31. The van der Waals surface area contributed by atoms with Crippen LogP contribution in [0.2, 0.25) is 0 Å². The van der Waals surface area contributed by atoms with Crippen molar-refractivity contribution in [3.8, 4) is 5.75 Å². The zero-order valence-corrected chi connectivity index (χ0v) is 9.58. The van der Waals surface area contributed by atoms with Crippen LogP contribution in [0.4, 0.5) is 0 Å². The first-order valence-electron chi connectivity index (χ1n) is 5.06. The Morgan fingerprint density at radius 3 is 2.73 bits per heavy atom. The predicted octanol–water partition coefficient (Wildman–Crippen LogP) is 3.00. The van der Waals surface area contributed by atoms with E-state index in [9.17, 15) is 5.11 Å². The van der Waals surface area contributed by atoms with Gasteiger partial charge in [-0.05, 0) is 38.0 Å². The van der Waals surface area contributed by atoms with Crippen LogP contribution in [0.25, 0.3) is 0 Å². The molecule has 1 atom stereocenters. The van der Waals surface area contributed by atoms with Crippen LogP contribution < -0.4 is 4.74 Å². The van der Waals surface area contributed by atoms with Crippen LogP contribution >= 0.6 is 0 Å². The minimum Gasteiger partial charge on any atom is -0.489 e. The first-order chi connectivity index (χ1) is 7.00. The van der Waals surface area contributed by atoms with Crippen LogP contribution in [0.15, 0.2) is 30.4 Å². The smallest absolute Gasteiger partial charge is 0.125 e. The van der Waals surface area contributed by atoms with E-state index in [-0.39, 0.29) is 0 Å². The van der Waals surface area contributed by atoms with Crippen LogP contribution in [0.3, 0.4) is 0 Å². The highest BCUT2D eigenvalue weighted by Crippen LogP contribution is 2.26. The maximum absolute atomic E-state index is 9.56. The van der Waals surface area contributed by atoms with E-state index in [1.165, 1.54) is 0 Å². The second-order valence-electron chi connectivity index (χ2n) is 3.96. The van der Waals surface area contributed by atoms with E-state index in [1.54, 1.807) is 6.92 Å². The maximum atomic E-state index is 9.56.